The number of carbonyl (C=O) groups excluding carboxylic acids is 2. The van der Waals surface area contributed by atoms with Gasteiger partial charge in [-0.25, -0.2) is 10.2 Å². The first-order valence-electron chi connectivity index (χ1n) is 13.6. The van der Waals surface area contributed by atoms with Crippen molar-refractivity contribution >= 4 is 29.7 Å². The summed E-state index contributed by atoms with van der Waals surface area (Å²) >= 11 is 6.41. The molecule has 0 aliphatic heterocycles. The van der Waals surface area contributed by atoms with Gasteiger partial charge < -0.3 is 19.3 Å². The van der Waals surface area contributed by atoms with E-state index in [1.54, 1.807) is 36.4 Å². The van der Waals surface area contributed by atoms with Crippen molar-refractivity contribution in [3.63, 3.8) is 0 Å². The molecule has 0 saturated carbocycles. The second kappa shape index (κ2) is 13.3. The molecule has 0 fully saturated rings. The Balaban J connectivity index is 1.67. The molecule has 3 aromatic carbocycles. The van der Waals surface area contributed by atoms with Gasteiger partial charge in [0, 0.05) is 6.42 Å². The first-order valence-corrected chi connectivity index (χ1v) is 13.9. The normalized spacial score (nSPS) is 11.8. The van der Waals surface area contributed by atoms with E-state index in [1.807, 2.05) is 12.1 Å². The summed E-state index contributed by atoms with van der Waals surface area (Å²) in [6.07, 6.45) is 2.12. The number of hydrogen-bond acceptors (Lipinski definition) is 7. The Kier molecular flexibility index (Phi) is 10.3. The molecule has 224 valence electrons. The molecule has 9 heteroatoms. The first kappa shape index (κ1) is 32.5. The zero-order valence-electron chi connectivity index (χ0n) is 25.4. The smallest absolute Gasteiger partial charge is 0.343 e. The number of benzene rings is 3. The van der Waals surface area contributed by atoms with Crippen molar-refractivity contribution in [2.75, 3.05) is 14.2 Å². The Morgan fingerprint density at radius 3 is 2.05 bits per heavy atom. The number of ether oxygens (including phenoxy) is 3. The second-order valence-corrected chi connectivity index (χ2v) is 12.4. The highest BCUT2D eigenvalue weighted by Crippen LogP contribution is 2.40. The standard InChI is InChI=1S/C33H39ClN2O6/c1-32(2,3)24-15-20(16-25(29(24)38)33(4,5)6)9-14-28(37)36-35-19-21-17-26(34)30(27(18-21)41-8)42-31(39)22-10-12-23(40-7)13-11-22/h10-13,15-19,38H,9,14H2,1-8H3,(H,36,37)/b35-19-. The number of methoxy groups -OCH3 is 2. The van der Waals surface area contributed by atoms with Crippen molar-refractivity contribution in [1.29, 1.82) is 0 Å². The van der Waals surface area contributed by atoms with Gasteiger partial charge in [0.25, 0.3) is 0 Å². The van der Waals surface area contributed by atoms with Gasteiger partial charge in [-0.05, 0) is 75.9 Å². The number of amides is 1. The molecule has 3 rings (SSSR count). The van der Waals surface area contributed by atoms with Crippen LogP contribution in [-0.2, 0) is 22.0 Å². The van der Waals surface area contributed by atoms with Crippen molar-refractivity contribution in [3.8, 4) is 23.0 Å². The number of esters is 1. The number of halogens is 1. The minimum absolute atomic E-state index is 0.0688. The van der Waals surface area contributed by atoms with Gasteiger partial charge in [0.1, 0.15) is 11.5 Å². The van der Waals surface area contributed by atoms with Gasteiger partial charge in [0.05, 0.1) is 31.0 Å². The molecular weight excluding hydrogens is 556 g/mol. The maximum absolute atomic E-state index is 12.6. The molecule has 1 amide bonds. The first-order chi connectivity index (χ1) is 19.6. The van der Waals surface area contributed by atoms with Crippen molar-refractivity contribution in [2.45, 2.75) is 65.2 Å². The van der Waals surface area contributed by atoms with E-state index in [0.29, 0.717) is 29.0 Å². The highest BCUT2D eigenvalue weighted by Gasteiger charge is 2.26. The van der Waals surface area contributed by atoms with Crippen LogP contribution in [0.1, 0.15) is 80.6 Å². The molecule has 0 unspecified atom stereocenters. The van der Waals surface area contributed by atoms with Gasteiger partial charge in [-0.3, -0.25) is 4.79 Å². The molecular formula is C33H39ClN2O6. The van der Waals surface area contributed by atoms with Gasteiger partial charge in [-0.2, -0.15) is 5.10 Å². The number of aryl methyl sites for hydroxylation is 1. The Hall–Kier alpha value is -4.04. The van der Waals surface area contributed by atoms with Crippen LogP contribution in [-0.4, -0.2) is 37.4 Å². The molecule has 0 saturated heterocycles. The lowest BCUT2D eigenvalue weighted by Crippen LogP contribution is -2.20. The van der Waals surface area contributed by atoms with Crippen LogP contribution in [0.5, 0.6) is 23.0 Å². The zero-order valence-corrected chi connectivity index (χ0v) is 26.2. The summed E-state index contributed by atoms with van der Waals surface area (Å²) < 4.78 is 16.0. The molecule has 0 bridgehead atoms. The van der Waals surface area contributed by atoms with Crippen LogP contribution in [0.4, 0.5) is 0 Å². The number of phenols is 1. The third kappa shape index (κ3) is 8.26. The van der Waals surface area contributed by atoms with Crippen molar-refractivity contribution in [2.24, 2.45) is 5.10 Å². The summed E-state index contributed by atoms with van der Waals surface area (Å²) in [4.78, 5) is 25.2. The van der Waals surface area contributed by atoms with E-state index in [0.717, 1.165) is 16.7 Å². The summed E-state index contributed by atoms with van der Waals surface area (Å²) in [6.45, 7) is 12.3. The van der Waals surface area contributed by atoms with Crippen LogP contribution in [0, 0.1) is 0 Å². The summed E-state index contributed by atoms with van der Waals surface area (Å²) in [5, 5.41) is 15.1. The predicted octanol–water partition coefficient (Wildman–Crippen LogP) is 6.96. The fraction of sp³-hybridized carbons (Fsp3) is 0.364. The van der Waals surface area contributed by atoms with Crippen LogP contribution in [0.3, 0.4) is 0 Å². The lowest BCUT2D eigenvalue weighted by atomic mass is 9.78. The molecule has 0 aliphatic rings. The SMILES string of the molecule is COc1ccc(C(=O)Oc2c(Cl)cc(/C=N\NC(=O)CCc3cc(C(C)(C)C)c(O)c(C(C)(C)C)c3)cc2OC)cc1. The van der Waals surface area contributed by atoms with E-state index in [9.17, 15) is 14.7 Å². The summed E-state index contributed by atoms with van der Waals surface area (Å²) in [7, 11) is 2.97. The Labute approximate surface area is 252 Å². The van der Waals surface area contributed by atoms with Gasteiger partial charge in [-0.1, -0.05) is 65.3 Å². The molecule has 0 spiro atoms. The quantitative estimate of drug-likeness (QED) is 0.120. The Bertz CT molecular complexity index is 1430. The maximum Gasteiger partial charge on any atom is 0.343 e. The molecule has 0 heterocycles. The largest absolute Gasteiger partial charge is 0.507 e. The van der Waals surface area contributed by atoms with Gasteiger partial charge in [0.2, 0.25) is 5.91 Å². The Morgan fingerprint density at radius 2 is 1.52 bits per heavy atom. The van der Waals surface area contributed by atoms with E-state index in [1.165, 1.54) is 20.4 Å². The summed E-state index contributed by atoms with van der Waals surface area (Å²) in [5.41, 5.74) is 5.56. The summed E-state index contributed by atoms with van der Waals surface area (Å²) in [6, 6.07) is 13.6. The highest BCUT2D eigenvalue weighted by atomic mass is 35.5. The number of carbonyl (C=O) groups is 2. The molecule has 2 N–H and O–H groups in total. The number of hydrogen-bond donors (Lipinski definition) is 2. The minimum atomic E-state index is -0.607. The molecule has 8 nitrogen and oxygen atoms in total. The minimum Gasteiger partial charge on any atom is -0.507 e. The molecule has 0 aromatic heterocycles. The van der Waals surface area contributed by atoms with Crippen LogP contribution >= 0.6 is 11.6 Å². The maximum atomic E-state index is 12.6. The zero-order chi connectivity index (χ0) is 31.2. The fourth-order valence-electron chi connectivity index (χ4n) is 4.27. The van der Waals surface area contributed by atoms with Crippen LogP contribution in [0.2, 0.25) is 5.02 Å². The number of phenolic OH excluding ortho intramolecular Hbond substituents is 1. The number of aromatic hydroxyl groups is 1. The van der Waals surface area contributed by atoms with Crippen molar-refractivity contribution < 1.29 is 28.9 Å². The van der Waals surface area contributed by atoms with Crippen LogP contribution in [0.25, 0.3) is 0 Å². The number of nitrogens with one attached hydrogen (secondary N) is 1. The van der Waals surface area contributed by atoms with E-state index in [-0.39, 0.29) is 39.7 Å². The van der Waals surface area contributed by atoms with E-state index >= 15 is 0 Å². The Morgan fingerprint density at radius 1 is 0.929 bits per heavy atom. The topological polar surface area (TPSA) is 106 Å². The summed E-state index contributed by atoms with van der Waals surface area (Å²) in [5.74, 6) is 0.348. The fourth-order valence-corrected chi connectivity index (χ4v) is 4.52. The van der Waals surface area contributed by atoms with Crippen LogP contribution < -0.4 is 19.6 Å². The van der Waals surface area contributed by atoms with Crippen molar-refractivity contribution in [3.05, 3.63) is 81.4 Å². The number of rotatable bonds is 9. The third-order valence-electron chi connectivity index (χ3n) is 6.60. The lowest BCUT2D eigenvalue weighted by Gasteiger charge is -2.28. The van der Waals surface area contributed by atoms with E-state index in [2.05, 4.69) is 52.1 Å². The molecule has 3 aromatic rings. The highest BCUT2D eigenvalue weighted by molar-refractivity contribution is 6.32. The number of hydrazone groups is 1. The second-order valence-electron chi connectivity index (χ2n) is 12.0. The van der Waals surface area contributed by atoms with Crippen LogP contribution in [0.15, 0.2) is 53.6 Å². The molecule has 0 aliphatic carbocycles. The molecule has 0 radical (unpaired) electrons. The van der Waals surface area contributed by atoms with Crippen molar-refractivity contribution in [1.82, 2.24) is 5.43 Å². The van der Waals surface area contributed by atoms with E-state index in [4.69, 9.17) is 25.8 Å². The third-order valence-corrected chi connectivity index (χ3v) is 6.88. The molecule has 42 heavy (non-hydrogen) atoms. The average molecular weight is 595 g/mol. The van der Waals surface area contributed by atoms with Gasteiger partial charge >= 0.3 is 5.97 Å². The predicted molar refractivity (Wildman–Crippen MR) is 166 cm³/mol. The van der Waals surface area contributed by atoms with Gasteiger partial charge in [0.15, 0.2) is 11.5 Å². The van der Waals surface area contributed by atoms with E-state index < -0.39 is 5.97 Å². The molecule has 0 atom stereocenters. The van der Waals surface area contributed by atoms with Gasteiger partial charge in [-0.15, -0.1) is 0 Å². The number of nitrogens with zero attached hydrogens (tertiary/aromatic N) is 1. The monoisotopic (exact) mass is 594 g/mol. The average Bonchev–Trinajstić information content (AvgIpc) is 2.92. The lowest BCUT2D eigenvalue weighted by molar-refractivity contribution is -0.121.